The van der Waals surface area contributed by atoms with E-state index in [9.17, 15) is 0 Å². The van der Waals surface area contributed by atoms with Crippen molar-refractivity contribution in [2.75, 3.05) is 0 Å². The van der Waals surface area contributed by atoms with E-state index in [0.29, 0.717) is 11.6 Å². The van der Waals surface area contributed by atoms with Gasteiger partial charge in [-0.15, -0.1) is 0 Å². The summed E-state index contributed by atoms with van der Waals surface area (Å²) in [6.45, 7) is 1.98. The van der Waals surface area contributed by atoms with Gasteiger partial charge in [-0.2, -0.15) is 0 Å². The molecule has 2 aromatic rings. The number of rotatable bonds is 4. The van der Waals surface area contributed by atoms with Crippen molar-refractivity contribution in [1.29, 1.82) is 0 Å². The van der Waals surface area contributed by atoms with Gasteiger partial charge in [0.25, 0.3) is 0 Å². The monoisotopic (exact) mass is 258 g/mol. The highest BCUT2D eigenvalue weighted by Gasteiger charge is 2.08. The molecule has 2 rings (SSSR count). The highest BCUT2D eigenvalue weighted by atomic mass is 32.1. The molecule has 1 atom stereocenters. The molecule has 1 aromatic carbocycles. The third-order valence-corrected chi connectivity index (χ3v) is 2.75. The molecular formula is C14H14N2OS. The molecule has 1 unspecified atom stereocenters. The Labute approximate surface area is 112 Å². The minimum Gasteiger partial charge on any atom is -0.470 e. The van der Waals surface area contributed by atoms with Crippen molar-refractivity contribution in [2.45, 2.75) is 13.0 Å². The van der Waals surface area contributed by atoms with Gasteiger partial charge in [-0.3, -0.25) is 0 Å². The van der Waals surface area contributed by atoms with Crippen LogP contribution in [-0.4, -0.2) is 9.97 Å². The van der Waals surface area contributed by atoms with E-state index in [1.165, 1.54) is 0 Å². The molecule has 0 bridgehead atoms. The van der Waals surface area contributed by atoms with Crippen LogP contribution < -0.4 is 10.5 Å². The summed E-state index contributed by atoms with van der Waals surface area (Å²) in [5.74, 6) is 0.525. The Hall–Kier alpha value is -1.94. The van der Waals surface area contributed by atoms with E-state index in [0.717, 1.165) is 5.56 Å². The van der Waals surface area contributed by atoms with Gasteiger partial charge in [0, 0.05) is 6.07 Å². The smallest absolute Gasteiger partial charge is 0.214 e. The first-order valence-corrected chi connectivity index (χ1v) is 6.06. The Balaban J connectivity index is 2.14. The molecule has 2 N–H and O–H groups in total. The van der Waals surface area contributed by atoms with Gasteiger partial charge in [0.05, 0.1) is 0 Å². The van der Waals surface area contributed by atoms with Crippen LogP contribution in [0.5, 0.6) is 5.88 Å². The van der Waals surface area contributed by atoms with Crippen LogP contribution >= 0.6 is 12.2 Å². The molecule has 0 aliphatic carbocycles. The number of pyridine rings is 1. The second kappa shape index (κ2) is 5.60. The Morgan fingerprint density at radius 3 is 2.56 bits per heavy atom. The van der Waals surface area contributed by atoms with Crippen LogP contribution in [-0.2, 0) is 0 Å². The molecule has 1 heterocycles. The van der Waals surface area contributed by atoms with Crippen molar-refractivity contribution < 1.29 is 4.74 Å². The lowest BCUT2D eigenvalue weighted by Gasteiger charge is -2.14. The molecule has 0 aliphatic heterocycles. The van der Waals surface area contributed by atoms with Gasteiger partial charge in [-0.05, 0) is 18.6 Å². The summed E-state index contributed by atoms with van der Waals surface area (Å²) in [5.41, 5.74) is 7.21. The van der Waals surface area contributed by atoms with Crippen LogP contribution in [0.15, 0.2) is 48.5 Å². The number of ether oxygens (including phenoxy) is 1. The first kappa shape index (κ1) is 12.5. The van der Waals surface area contributed by atoms with E-state index >= 15 is 0 Å². The third kappa shape index (κ3) is 3.05. The number of thiocarbonyl (C=S) groups is 1. The Morgan fingerprint density at radius 1 is 1.17 bits per heavy atom. The maximum Gasteiger partial charge on any atom is 0.214 e. The van der Waals surface area contributed by atoms with Crippen LogP contribution in [0.3, 0.4) is 0 Å². The van der Waals surface area contributed by atoms with Gasteiger partial charge in [-0.25, -0.2) is 4.98 Å². The fourth-order valence-electron chi connectivity index (χ4n) is 1.59. The van der Waals surface area contributed by atoms with E-state index in [1.54, 1.807) is 12.1 Å². The van der Waals surface area contributed by atoms with Gasteiger partial charge in [-0.1, -0.05) is 48.6 Å². The normalized spacial score (nSPS) is 11.8. The Kier molecular flexibility index (Phi) is 3.89. The minimum absolute atomic E-state index is 0.0692. The molecule has 0 fully saturated rings. The van der Waals surface area contributed by atoms with Crippen LogP contribution in [0.25, 0.3) is 0 Å². The summed E-state index contributed by atoms with van der Waals surface area (Å²) in [6, 6.07) is 15.4. The number of benzene rings is 1. The predicted octanol–water partition coefficient (Wildman–Crippen LogP) is 2.86. The Morgan fingerprint density at radius 2 is 1.89 bits per heavy atom. The lowest BCUT2D eigenvalue weighted by molar-refractivity contribution is 0.217. The molecule has 0 saturated heterocycles. The maximum atomic E-state index is 5.76. The number of hydrogen-bond acceptors (Lipinski definition) is 3. The number of nitrogens with zero attached hydrogens (tertiary/aromatic N) is 1. The lowest BCUT2D eigenvalue weighted by Crippen LogP contribution is -2.12. The second-order valence-electron chi connectivity index (χ2n) is 3.90. The van der Waals surface area contributed by atoms with Crippen LogP contribution in [0, 0.1) is 0 Å². The van der Waals surface area contributed by atoms with Crippen molar-refractivity contribution in [3.63, 3.8) is 0 Å². The molecule has 0 amide bonds. The van der Waals surface area contributed by atoms with E-state index in [1.807, 2.05) is 43.3 Å². The highest BCUT2D eigenvalue weighted by Crippen LogP contribution is 2.19. The average molecular weight is 258 g/mol. The van der Waals surface area contributed by atoms with Gasteiger partial charge in [0.1, 0.15) is 16.8 Å². The molecule has 0 aliphatic rings. The van der Waals surface area contributed by atoms with Gasteiger partial charge in [0.15, 0.2) is 0 Å². The zero-order valence-electron chi connectivity index (χ0n) is 10.0. The summed E-state index contributed by atoms with van der Waals surface area (Å²) in [7, 11) is 0. The second-order valence-corrected chi connectivity index (χ2v) is 4.34. The molecule has 3 nitrogen and oxygen atoms in total. The molecule has 0 saturated carbocycles. The number of hydrogen-bond donors (Lipinski definition) is 1. The quantitative estimate of drug-likeness (QED) is 0.857. The van der Waals surface area contributed by atoms with E-state index in [2.05, 4.69) is 4.98 Å². The van der Waals surface area contributed by atoms with Crippen molar-refractivity contribution in [1.82, 2.24) is 4.98 Å². The van der Waals surface area contributed by atoms with Crippen molar-refractivity contribution in [3.8, 4) is 5.88 Å². The van der Waals surface area contributed by atoms with Crippen molar-refractivity contribution in [3.05, 3.63) is 59.8 Å². The summed E-state index contributed by atoms with van der Waals surface area (Å²) in [5, 5.41) is 0. The summed E-state index contributed by atoms with van der Waals surface area (Å²) in [4.78, 5) is 4.52. The van der Waals surface area contributed by atoms with E-state index in [4.69, 9.17) is 22.7 Å². The van der Waals surface area contributed by atoms with Gasteiger partial charge in [0.2, 0.25) is 5.88 Å². The van der Waals surface area contributed by atoms with E-state index in [-0.39, 0.29) is 11.1 Å². The minimum atomic E-state index is -0.0692. The summed E-state index contributed by atoms with van der Waals surface area (Å²) in [6.07, 6.45) is -0.0692. The Bertz CT molecular complexity index is 543. The largest absolute Gasteiger partial charge is 0.470 e. The lowest BCUT2D eigenvalue weighted by atomic mass is 10.1. The molecule has 0 radical (unpaired) electrons. The maximum absolute atomic E-state index is 5.76. The van der Waals surface area contributed by atoms with Crippen molar-refractivity contribution >= 4 is 17.2 Å². The zero-order valence-corrected chi connectivity index (χ0v) is 10.9. The van der Waals surface area contributed by atoms with Gasteiger partial charge < -0.3 is 10.5 Å². The molecule has 1 aromatic heterocycles. The molecule has 92 valence electrons. The SMILES string of the molecule is CC(Oc1cccc(C(N)=S)n1)c1ccccc1. The molecule has 18 heavy (non-hydrogen) atoms. The van der Waals surface area contributed by atoms with Crippen molar-refractivity contribution in [2.24, 2.45) is 5.73 Å². The fourth-order valence-corrected chi connectivity index (χ4v) is 1.70. The fraction of sp³-hybridized carbons (Fsp3) is 0.143. The third-order valence-electron chi connectivity index (χ3n) is 2.54. The van der Waals surface area contributed by atoms with Crippen LogP contribution in [0.1, 0.15) is 24.3 Å². The topological polar surface area (TPSA) is 48.1 Å². The number of nitrogens with two attached hydrogens (primary N) is 1. The highest BCUT2D eigenvalue weighted by molar-refractivity contribution is 7.80. The summed E-state index contributed by atoms with van der Waals surface area (Å²) >= 11 is 4.89. The first-order chi connectivity index (χ1) is 8.66. The molecule has 0 spiro atoms. The molecular weight excluding hydrogens is 244 g/mol. The summed E-state index contributed by atoms with van der Waals surface area (Å²) < 4.78 is 5.76. The van der Waals surface area contributed by atoms with Crippen LogP contribution in [0.4, 0.5) is 0 Å². The van der Waals surface area contributed by atoms with Crippen LogP contribution in [0.2, 0.25) is 0 Å². The predicted molar refractivity (Wildman–Crippen MR) is 75.6 cm³/mol. The molecule has 4 heteroatoms. The first-order valence-electron chi connectivity index (χ1n) is 5.65. The van der Waals surface area contributed by atoms with E-state index < -0.39 is 0 Å². The zero-order chi connectivity index (χ0) is 13.0. The average Bonchev–Trinajstić information content (AvgIpc) is 2.40. The van der Waals surface area contributed by atoms with Gasteiger partial charge >= 0.3 is 0 Å². The number of aromatic nitrogens is 1. The standard InChI is InChI=1S/C14H14N2OS/c1-10(11-6-3-2-4-7-11)17-13-9-5-8-12(16-13)14(15)18/h2-10H,1H3,(H2,15,18).